The number of benzene rings is 2. The van der Waals surface area contributed by atoms with Crippen molar-refractivity contribution in [3.63, 3.8) is 0 Å². The highest BCUT2D eigenvalue weighted by Gasteiger charge is 2.30. The maximum absolute atomic E-state index is 12.8. The highest BCUT2D eigenvalue weighted by Crippen LogP contribution is 2.29. The van der Waals surface area contributed by atoms with Crippen molar-refractivity contribution in [1.82, 2.24) is 24.6 Å². The van der Waals surface area contributed by atoms with E-state index in [1.54, 1.807) is 6.07 Å². The number of hydrogen-bond donors (Lipinski definition) is 1. The minimum atomic E-state index is -4.49. The molecule has 1 amide bonds. The number of non-ortho nitro benzene ring substituents is 1. The Bertz CT molecular complexity index is 1460. The average molecular weight is 486 g/mol. The number of amides is 1. The standard InChI is InChI=1S/C22H17F3N6O4/c23-22(24,25)16-6-4-15(5-7-16)20(32)26-8-9-30-19-18(11-28-30)21(33)29(13-27-19)12-14-2-1-3-17(10-14)31(34)35/h1-7,10-11,13H,8-9,12H2,(H,26,32). The fourth-order valence-electron chi connectivity index (χ4n) is 3.43. The van der Waals surface area contributed by atoms with Gasteiger partial charge in [-0.2, -0.15) is 18.3 Å². The summed E-state index contributed by atoms with van der Waals surface area (Å²) >= 11 is 0. The molecule has 2 aromatic carbocycles. The summed E-state index contributed by atoms with van der Waals surface area (Å²) in [6.07, 6.45) is -1.84. The Hall–Kier alpha value is -4.55. The number of nitro groups is 1. The molecular formula is C22H17F3N6O4. The summed E-state index contributed by atoms with van der Waals surface area (Å²) in [5.74, 6) is -0.553. The zero-order valence-electron chi connectivity index (χ0n) is 17.9. The molecule has 13 heteroatoms. The molecule has 0 bridgehead atoms. The number of fused-ring (bicyclic) bond motifs is 1. The molecule has 0 fully saturated rings. The molecular weight excluding hydrogens is 469 g/mol. The number of carbonyl (C=O) groups is 1. The normalized spacial score (nSPS) is 11.5. The van der Waals surface area contributed by atoms with Crippen molar-refractivity contribution in [1.29, 1.82) is 0 Å². The Morgan fingerprint density at radius 3 is 2.57 bits per heavy atom. The van der Waals surface area contributed by atoms with E-state index < -0.39 is 22.6 Å². The third-order valence-corrected chi connectivity index (χ3v) is 5.18. The van der Waals surface area contributed by atoms with Gasteiger partial charge in [0.1, 0.15) is 11.7 Å². The van der Waals surface area contributed by atoms with Crippen molar-refractivity contribution >= 4 is 22.6 Å². The molecule has 0 unspecified atom stereocenters. The van der Waals surface area contributed by atoms with Crippen LogP contribution in [0.3, 0.4) is 0 Å². The van der Waals surface area contributed by atoms with Gasteiger partial charge in [0.15, 0.2) is 5.65 Å². The lowest BCUT2D eigenvalue weighted by Crippen LogP contribution is -2.28. The van der Waals surface area contributed by atoms with Gasteiger partial charge < -0.3 is 5.32 Å². The number of alkyl halides is 3. The van der Waals surface area contributed by atoms with Crippen LogP contribution in [0.4, 0.5) is 18.9 Å². The first kappa shape index (κ1) is 23.6. The van der Waals surface area contributed by atoms with Crippen molar-refractivity contribution in [3.05, 3.63) is 98.2 Å². The van der Waals surface area contributed by atoms with Crippen molar-refractivity contribution in [3.8, 4) is 0 Å². The maximum Gasteiger partial charge on any atom is 0.416 e. The van der Waals surface area contributed by atoms with Crippen LogP contribution in [0.5, 0.6) is 0 Å². The third kappa shape index (κ3) is 5.18. The van der Waals surface area contributed by atoms with Gasteiger partial charge in [-0.15, -0.1) is 0 Å². The molecule has 35 heavy (non-hydrogen) atoms. The fraction of sp³-hybridized carbons (Fsp3) is 0.182. The van der Waals surface area contributed by atoms with E-state index in [9.17, 15) is 32.9 Å². The smallest absolute Gasteiger partial charge is 0.350 e. The molecule has 10 nitrogen and oxygen atoms in total. The van der Waals surface area contributed by atoms with Crippen LogP contribution < -0.4 is 10.9 Å². The molecule has 2 heterocycles. The SMILES string of the molecule is O=C(NCCn1ncc2c(=O)n(Cc3cccc([N+](=O)[O-])c3)cnc21)c1ccc(C(F)(F)F)cc1. The molecule has 0 saturated carbocycles. The number of nitrogens with zero attached hydrogens (tertiary/aromatic N) is 5. The monoisotopic (exact) mass is 486 g/mol. The van der Waals surface area contributed by atoms with Crippen LogP contribution in [0.2, 0.25) is 0 Å². The molecule has 0 atom stereocenters. The maximum atomic E-state index is 12.8. The first-order valence-corrected chi connectivity index (χ1v) is 10.2. The van der Waals surface area contributed by atoms with Gasteiger partial charge in [0.05, 0.1) is 29.8 Å². The number of nitro benzene ring substituents is 1. The summed E-state index contributed by atoms with van der Waals surface area (Å²) in [7, 11) is 0. The number of rotatable bonds is 7. The Labute approximate surface area is 194 Å². The van der Waals surface area contributed by atoms with E-state index in [0.29, 0.717) is 5.56 Å². The topological polar surface area (TPSA) is 125 Å². The van der Waals surface area contributed by atoms with Crippen molar-refractivity contribution in [2.24, 2.45) is 0 Å². The lowest BCUT2D eigenvalue weighted by atomic mass is 10.1. The molecule has 4 rings (SSSR count). The second-order valence-corrected chi connectivity index (χ2v) is 7.54. The second-order valence-electron chi connectivity index (χ2n) is 7.54. The van der Waals surface area contributed by atoms with Gasteiger partial charge in [-0.05, 0) is 29.8 Å². The van der Waals surface area contributed by atoms with E-state index in [1.807, 2.05) is 0 Å². The van der Waals surface area contributed by atoms with Crippen LogP contribution in [0.1, 0.15) is 21.5 Å². The largest absolute Gasteiger partial charge is 0.416 e. The zero-order chi connectivity index (χ0) is 25.2. The van der Waals surface area contributed by atoms with Crippen LogP contribution in [-0.2, 0) is 19.3 Å². The molecule has 180 valence electrons. The highest BCUT2D eigenvalue weighted by atomic mass is 19.4. The van der Waals surface area contributed by atoms with E-state index >= 15 is 0 Å². The molecule has 0 aliphatic heterocycles. The molecule has 0 saturated heterocycles. The van der Waals surface area contributed by atoms with Crippen LogP contribution in [0, 0.1) is 10.1 Å². The summed E-state index contributed by atoms with van der Waals surface area (Å²) in [5, 5.41) is 17.9. The predicted molar refractivity (Wildman–Crippen MR) is 118 cm³/mol. The molecule has 0 radical (unpaired) electrons. The van der Waals surface area contributed by atoms with Crippen molar-refractivity contribution in [2.45, 2.75) is 19.3 Å². The molecule has 0 aliphatic rings. The van der Waals surface area contributed by atoms with Crippen molar-refractivity contribution in [2.75, 3.05) is 6.54 Å². The second kappa shape index (κ2) is 9.37. The number of nitrogens with one attached hydrogen (secondary N) is 1. The summed E-state index contributed by atoms with van der Waals surface area (Å²) < 4.78 is 40.7. The zero-order valence-corrected chi connectivity index (χ0v) is 17.9. The lowest BCUT2D eigenvalue weighted by molar-refractivity contribution is -0.384. The van der Waals surface area contributed by atoms with E-state index in [-0.39, 0.29) is 47.5 Å². The first-order chi connectivity index (χ1) is 16.6. The number of halogens is 3. The Balaban J connectivity index is 1.42. The van der Waals surface area contributed by atoms with E-state index in [2.05, 4.69) is 15.4 Å². The fourth-order valence-corrected chi connectivity index (χ4v) is 3.43. The average Bonchev–Trinajstić information content (AvgIpc) is 3.24. The molecule has 0 spiro atoms. The first-order valence-electron chi connectivity index (χ1n) is 10.2. The van der Waals surface area contributed by atoms with E-state index in [4.69, 9.17) is 0 Å². The number of aromatic nitrogens is 4. The number of hydrogen-bond acceptors (Lipinski definition) is 6. The Morgan fingerprint density at radius 2 is 1.89 bits per heavy atom. The van der Waals surface area contributed by atoms with Crippen LogP contribution in [-0.4, -0.2) is 36.7 Å². The minimum Gasteiger partial charge on any atom is -0.350 e. The molecule has 1 N–H and O–H groups in total. The quantitative estimate of drug-likeness (QED) is 0.316. The molecule has 0 aliphatic carbocycles. The Kier molecular flexibility index (Phi) is 6.32. The lowest BCUT2D eigenvalue weighted by Gasteiger charge is -2.09. The van der Waals surface area contributed by atoms with Gasteiger partial charge in [-0.25, -0.2) is 9.67 Å². The molecule has 4 aromatic rings. The van der Waals surface area contributed by atoms with Gasteiger partial charge in [0, 0.05) is 24.2 Å². The van der Waals surface area contributed by atoms with Gasteiger partial charge in [-0.3, -0.25) is 24.3 Å². The van der Waals surface area contributed by atoms with Gasteiger partial charge in [-0.1, -0.05) is 12.1 Å². The van der Waals surface area contributed by atoms with Crippen LogP contribution in [0.25, 0.3) is 11.0 Å². The summed E-state index contributed by atoms with van der Waals surface area (Å²) in [4.78, 5) is 39.7. The number of carbonyl (C=O) groups excluding carboxylic acids is 1. The summed E-state index contributed by atoms with van der Waals surface area (Å²) in [6, 6.07) is 9.76. The van der Waals surface area contributed by atoms with Gasteiger partial charge in [0.2, 0.25) is 0 Å². The Morgan fingerprint density at radius 1 is 1.14 bits per heavy atom. The summed E-state index contributed by atoms with van der Waals surface area (Å²) in [6.45, 7) is 0.337. The molecule has 2 aromatic heterocycles. The van der Waals surface area contributed by atoms with Gasteiger partial charge in [0.25, 0.3) is 17.2 Å². The minimum absolute atomic E-state index is 0.0745. The van der Waals surface area contributed by atoms with Crippen LogP contribution >= 0.6 is 0 Å². The third-order valence-electron chi connectivity index (χ3n) is 5.18. The van der Waals surface area contributed by atoms with E-state index in [1.165, 1.54) is 40.0 Å². The predicted octanol–water partition coefficient (Wildman–Crippen LogP) is 3.00. The van der Waals surface area contributed by atoms with Crippen molar-refractivity contribution < 1.29 is 22.9 Å². The van der Waals surface area contributed by atoms with Gasteiger partial charge >= 0.3 is 6.18 Å². The summed E-state index contributed by atoms with van der Waals surface area (Å²) in [5.41, 5.74) is -0.406. The highest BCUT2D eigenvalue weighted by molar-refractivity contribution is 5.94. The van der Waals surface area contributed by atoms with E-state index in [0.717, 1.165) is 24.3 Å². The van der Waals surface area contributed by atoms with Crippen LogP contribution in [0.15, 0.2) is 65.8 Å².